The summed E-state index contributed by atoms with van der Waals surface area (Å²) in [7, 11) is 0. The number of rotatable bonds is 5. The summed E-state index contributed by atoms with van der Waals surface area (Å²) >= 11 is 0. The number of benzene rings is 11. The highest BCUT2D eigenvalue weighted by Crippen LogP contribution is 2.45. The van der Waals surface area contributed by atoms with Crippen LogP contribution in [0.15, 0.2) is 243 Å². The van der Waals surface area contributed by atoms with Crippen molar-refractivity contribution in [3.63, 3.8) is 0 Å². The summed E-state index contributed by atoms with van der Waals surface area (Å²) < 4.78 is 9.72. The summed E-state index contributed by atoms with van der Waals surface area (Å²) in [5.74, 6) is 2.20. The minimum atomic E-state index is 0.643. The summed E-state index contributed by atoms with van der Waals surface area (Å²) in [6, 6.07) is 87.9. The van der Waals surface area contributed by atoms with E-state index in [0.717, 1.165) is 94.3 Å². The molecule has 16 rings (SSSR count). The second kappa shape index (κ2) is 14.9. The molecule has 0 aliphatic carbocycles. The Balaban J connectivity index is 1.06. The standard InChI is InChI=1S/C66H40N6/c1-2-18-43(19-3-1)66-67-60(71-58-28-14-10-24-50(58)54-36-34-52-48-22-8-12-26-56(48)69(62(52)64(54)71)46-32-30-41-16-4-6-20-44(41)38-46)40-61(68-66)72-59-29-15-11-25-51(59)55-37-35-53-49-23-9-13-27-57(49)70(63(53)65(55)72)47-33-31-42-17-5-7-21-45(42)39-47/h1-40H. The maximum absolute atomic E-state index is 5.64. The van der Waals surface area contributed by atoms with Gasteiger partial charge in [0.1, 0.15) is 11.6 Å². The van der Waals surface area contributed by atoms with Gasteiger partial charge in [0.05, 0.1) is 44.1 Å². The number of hydrogen-bond acceptors (Lipinski definition) is 2. The minimum absolute atomic E-state index is 0.643. The minimum Gasteiger partial charge on any atom is -0.307 e. The summed E-state index contributed by atoms with van der Waals surface area (Å²) in [6.45, 7) is 0. The molecule has 6 heteroatoms. The smallest absolute Gasteiger partial charge is 0.163 e. The summed E-state index contributed by atoms with van der Waals surface area (Å²) in [5.41, 5.74) is 12.0. The number of hydrogen-bond donors (Lipinski definition) is 0. The average molecular weight is 917 g/mol. The monoisotopic (exact) mass is 916 g/mol. The van der Waals surface area contributed by atoms with E-state index in [0.29, 0.717) is 5.82 Å². The Morgan fingerprint density at radius 1 is 0.236 bits per heavy atom. The van der Waals surface area contributed by atoms with Crippen molar-refractivity contribution in [3.05, 3.63) is 243 Å². The lowest BCUT2D eigenvalue weighted by Crippen LogP contribution is -2.07. The van der Waals surface area contributed by atoms with Crippen LogP contribution in [0.1, 0.15) is 0 Å². The summed E-state index contributed by atoms with van der Waals surface area (Å²) in [4.78, 5) is 11.3. The Bertz CT molecular complexity index is 4640. The highest BCUT2D eigenvalue weighted by molar-refractivity contribution is 6.25. The maximum atomic E-state index is 5.64. The molecule has 0 spiro atoms. The normalized spacial score (nSPS) is 12.2. The molecule has 0 fully saturated rings. The van der Waals surface area contributed by atoms with Crippen molar-refractivity contribution < 1.29 is 0 Å². The van der Waals surface area contributed by atoms with Gasteiger partial charge in [-0.15, -0.1) is 0 Å². The molecule has 0 amide bonds. The van der Waals surface area contributed by atoms with E-state index in [9.17, 15) is 0 Å². The van der Waals surface area contributed by atoms with Gasteiger partial charge in [0.2, 0.25) is 0 Å². The highest BCUT2D eigenvalue weighted by Gasteiger charge is 2.26. The summed E-state index contributed by atoms with van der Waals surface area (Å²) in [6.07, 6.45) is 0. The largest absolute Gasteiger partial charge is 0.307 e. The Hall–Kier alpha value is -9.78. The second-order valence-corrected chi connectivity index (χ2v) is 19.0. The predicted molar refractivity (Wildman–Crippen MR) is 300 cm³/mol. The molecule has 334 valence electrons. The SMILES string of the molecule is c1ccc(-c2nc(-n3c4ccccc4c4ccc5c6ccccc6n(-c6ccc7ccccc7c6)c5c43)cc(-n3c4ccccc4c4ccc5c6ccccc6n(-c6ccc7ccccc7c6)c5c43)n2)cc1. The zero-order chi connectivity index (χ0) is 47.0. The lowest BCUT2D eigenvalue weighted by molar-refractivity contribution is 0.993. The van der Waals surface area contributed by atoms with Gasteiger partial charge in [-0.05, 0) is 70.1 Å². The maximum Gasteiger partial charge on any atom is 0.163 e. The first kappa shape index (κ1) is 39.1. The van der Waals surface area contributed by atoms with Crippen molar-refractivity contribution >= 4 is 109 Å². The van der Waals surface area contributed by atoms with Crippen molar-refractivity contribution in [2.45, 2.75) is 0 Å². The van der Waals surface area contributed by atoms with Gasteiger partial charge in [0.15, 0.2) is 5.82 Å². The summed E-state index contributed by atoms with van der Waals surface area (Å²) in [5, 5.41) is 14.2. The van der Waals surface area contributed by atoms with Gasteiger partial charge in [0, 0.05) is 66.1 Å². The molecule has 16 aromatic rings. The molecule has 0 bridgehead atoms. The Kier molecular flexibility index (Phi) is 8.07. The van der Waals surface area contributed by atoms with Crippen LogP contribution in [0.25, 0.3) is 143 Å². The van der Waals surface area contributed by atoms with Crippen LogP contribution in [0.4, 0.5) is 0 Å². The Labute approximate surface area is 412 Å². The van der Waals surface area contributed by atoms with Gasteiger partial charge in [-0.3, -0.25) is 9.13 Å². The molecule has 11 aromatic carbocycles. The van der Waals surface area contributed by atoms with E-state index >= 15 is 0 Å². The molecule has 0 unspecified atom stereocenters. The van der Waals surface area contributed by atoms with Crippen LogP contribution < -0.4 is 0 Å². The fourth-order valence-corrected chi connectivity index (χ4v) is 12.0. The van der Waals surface area contributed by atoms with E-state index in [1.54, 1.807) is 0 Å². The molecular formula is C66H40N6. The van der Waals surface area contributed by atoms with Gasteiger partial charge in [-0.25, -0.2) is 9.97 Å². The van der Waals surface area contributed by atoms with E-state index in [1.165, 1.54) is 43.1 Å². The fraction of sp³-hybridized carbons (Fsp3) is 0. The molecule has 0 aliphatic heterocycles. The molecule has 6 nitrogen and oxygen atoms in total. The third kappa shape index (κ3) is 5.49. The van der Waals surface area contributed by atoms with E-state index in [4.69, 9.17) is 9.97 Å². The first-order valence-electron chi connectivity index (χ1n) is 24.6. The number of nitrogens with zero attached hydrogens (tertiary/aromatic N) is 6. The van der Waals surface area contributed by atoms with Crippen LogP contribution in [-0.2, 0) is 0 Å². The molecule has 0 aliphatic rings. The molecule has 0 atom stereocenters. The number of para-hydroxylation sites is 4. The molecular weight excluding hydrogens is 877 g/mol. The molecule has 72 heavy (non-hydrogen) atoms. The van der Waals surface area contributed by atoms with Crippen LogP contribution in [0.3, 0.4) is 0 Å². The molecule has 5 aromatic heterocycles. The van der Waals surface area contributed by atoms with Gasteiger partial charge in [-0.2, -0.15) is 0 Å². The van der Waals surface area contributed by atoms with Crippen LogP contribution in [-0.4, -0.2) is 28.2 Å². The van der Waals surface area contributed by atoms with Crippen LogP contribution in [0.5, 0.6) is 0 Å². The van der Waals surface area contributed by atoms with Gasteiger partial charge < -0.3 is 9.13 Å². The average Bonchev–Trinajstić information content (AvgIpc) is 4.18. The Morgan fingerprint density at radius 2 is 0.569 bits per heavy atom. The molecule has 5 heterocycles. The lowest BCUT2D eigenvalue weighted by Gasteiger charge is -2.16. The van der Waals surface area contributed by atoms with E-state index in [2.05, 4.69) is 261 Å². The fourth-order valence-electron chi connectivity index (χ4n) is 12.0. The van der Waals surface area contributed by atoms with Crippen LogP contribution in [0.2, 0.25) is 0 Å². The first-order chi connectivity index (χ1) is 35.7. The van der Waals surface area contributed by atoms with Gasteiger partial charge in [-0.1, -0.05) is 188 Å². The van der Waals surface area contributed by atoms with E-state index < -0.39 is 0 Å². The van der Waals surface area contributed by atoms with E-state index in [-0.39, 0.29) is 0 Å². The third-order valence-corrected chi connectivity index (χ3v) is 15.1. The van der Waals surface area contributed by atoms with Crippen molar-refractivity contribution in [1.82, 2.24) is 28.2 Å². The molecule has 0 saturated heterocycles. The molecule has 0 radical (unpaired) electrons. The highest BCUT2D eigenvalue weighted by atomic mass is 15.2. The molecule has 0 N–H and O–H groups in total. The Morgan fingerprint density at radius 3 is 0.986 bits per heavy atom. The quantitative estimate of drug-likeness (QED) is 0.173. The van der Waals surface area contributed by atoms with Crippen LogP contribution in [0, 0.1) is 0 Å². The zero-order valence-corrected chi connectivity index (χ0v) is 38.8. The lowest BCUT2D eigenvalue weighted by atomic mass is 10.1. The van der Waals surface area contributed by atoms with Crippen LogP contribution >= 0.6 is 0 Å². The zero-order valence-electron chi connectivity index (χ0n) is 38.8. The second-order valence-electron chi connectivity index (χ2n) is 19.0. The number of fused-ring (bicyclic) bond motifs is 16. The third-order valence-electron chi connectivity index (χ3n) is 15.1. The van der Waals surface area contributed by atoms with Gasteiger partial charge in [0.25, 0.3) is 0 Å². The molecule has 0 saturated carbocycles. The van der Waals surface area contributed by atoms with Gasteiger partial charge >= 0.3 is 0 Å². The number of aromatic nitrogens is 6. The van der Waals surface area contributed by atoms with Crippen molar-refractivity contribution in [1.29, 1.82) is 0 Å². The predicted octanol–water partition coefficient (Wildman–Crippen LogP) is 16.8. The van der Waals surface area contributed by atoms with Crippen molar-refractivity contribution in [2.24, 2.45) is 0 Å². The first-order valence-corrected chi connectivity index (χ1v) is 24.6. The van der Waals surface area contributed by atoms with Crippen molar-refractivity contribution in [2.75, 3.05) is 0 Å². The van der Waals surface area contributed by atoms with Crippen molar-refractivity contribution in [3.8, 4) is 34.4 Å². The van der Waals surface area contributed by atoms with E-state index in [1.807, 2.05) is 0 Å². The topological polar surface area (TPSA) is 45.5 Å².